The van der Waals surface area contributed by atoms with Crippen LogP contribution in [0.5, 0.6) is 0 Å². The summed E-state index contributed by atoms with van der Waals surface area (Å²) in [7, 11) is 1.00. The number of carbonyl (C=O) groups excluding carboxylic acids is 3. The number of guanidine groups is 1. The molecule has 5 atom stereocenters. The summed E-state index contributed by atoms with van der Waals surface area (Å²) in [5.41, 5.74) is 5.62. The van der Waals surface area contributed by atoms with Crippen molar-refractivity contribution in [1.29, 1.82) is 0 Å². The van der Waals surface area contributed by atoms with E-state index in [2.05, 4.69) is 19.8 Å². The zero-order chi connectivity index (χ0) is 25.1. The molecule has 0 saturated heterocycles. The number of halogens is 1. The fourth-order valence-corrected chi connectivity index (χ4v) is 2.55. The van der Waals surface area contributed by atoms with E-state index in [-0.39, 0.29) is 13.2 Å². The Bertz CT molecular complexity index is 791. The lowest BCUT2D eigenvalue weighted by Gasteiger charge is -2.37. The van der Waals surface area contributed by atoms with Crippen molar-refractivity contribution in [3.63, 3.8) is 0 Å². The third kappa shape index (κ3) is 8.77. The summed E-state index contributed by atoms with van der Waals surface area (Å²) in [5.74, 6) is -3.62. The van der Waals surface area contributed by atoms with Crippen molar-refractivity contribution in [3.8, 4) is 0 Å². The minimum Gasteiger partial charge on any atom is -0.478 e. The van der Waals surface area contributed by atoms with E-state index in [1.807, 2.05) is 5.32 Å². The summed E-state index contributed by atoms with van der Waals surface area (Å²) in [5, 5.41) is 32.1. The van der Waals surface area contributed by atoms with Gasteiger partial charge in [0.05, 0.1) is 25.8 Å². The van der Waals surface area contributed by atoms with E-state index in [0.29, 0.717) is 0 Å². The highest BCUT2D eigenvalue weighted by molar-refractivity contribution is 5.93. The normalized spacial score (nSPS) is 22.0. The molecule has 0 aliphatic carbocycles. The number of methoxy groups -OCH3 is 1. The Labute approximate surface area is 186 Å². The van der Waals surface area contributed by atoms with E-state index in [9.17, 15) is 33.8 Å². The third-order valence-electron chi connectivity index (χ3n) is 4.00. The second-order valence-corrected chi connectivity index (χ2v) is 6.38. The van der Waals surface area contributed by atoms with Crippen LogP contribution in [0.15, 0.2) is 16.8 Å². The number of aliphatic hydroxyl groups is 2. The molecule has 1 heterocycles. The number of alkyl halides is 1. The molecule has 1 aliphatic rings. The van der Waals surface area contributed by atoms with Crippen molar-refractivity contribution in [2.75, 3.05) is 26.9 Å². The van der Waals surface area contributed by atoms with Crippen molar-refractivity contribution in [2.24, 2.45) is 10.7 Å². The van der Waals surface area contributed by atoms with Gasteiger partial charge in [-0.3, -0.25) is 10.1 Å². The van der Waals surface area contributed by atoms with Crippen molar-refractivity contribution >= 4 is 30.1 Å². The first-order valence-corrected chi connectivity index (χ1v) is 9.29. The van der Waals surface area contributed by atoms with Crippen LogP contribution in [-0.4, -0.2) is 103 Å². The van der Waals surface area contributed by atoms with Crippen LogP contribution in [0, 0.1) is 0 Å². The number of nitrogens with two attached hydrogens (primary N) is 1. The van der Waals surface area contributed by atoms with Crippen LogP contribution >= 0.6 is 0 Å². The van der Waals surface area contributed by atoms with E-state index in [1.165, 1.54) is 0 Å². The van der Waals surface area contributed by atoms with Gasteiger partial charge in [-0.25, -0.2) is 23.8 Å². The monoisotopic (exact) mass is 480 g/mol. The lowest BCUT2D eigenvalue weighted by atomic mass is 9.93. The number of amides is 2. The standard InChI is InChI=1S/C17H25FN4O11/c1-7(24)31-3-4-32-17(29)22-15(19)20-8-5-10(14(26)27)33-13(11(18)9(25)6-23)12(8)21-16(28)30-2/h5,8-9,11-13,23,25H,3-4,6H2,1-2H3,(H,21,28)(H,26,27)(H3,19,20,22,29)/t8-,9-,11?,12-,13-/m1/s1. The molecule has 33 heavy (non-hydrogen) atoms. The van der Waals surface area contributed by atoms with Gasteiger partial charge >= 0.3 is 24.1 Å². The maximum absolute atomic E-state index is 14.7. The minimum absolute atomic E-state index is 0.220. The van der Waals surface area contributed by atoms with E-state index < -0.39 is 72.9 Å². The summed E-state index contributed by atoms with van der Waals surface area (Å²) in [6.45, 7) is -0.404. The predicted molar refractivity (Wildman–Crippen MR) is 104 cm³/mol. The van der Waals surface area contributed by atoms with Crippen LogP contribution in [-0.2, 0) is 28.5 Å². The number of hydrogen-bond acceptors (Lipinski definition) is 11. The summed E-state index contributed by atoms with van der Waals surface area (Å²) in [4.78, 5) is 49.4. The molecular weight excluding hydrogens is 455 g/mol. The molecule has 0 aromatic heterocycles. The number of carboxylic acid groups (broad SMARTS) is 1. The van der Waals surface area contributed by atoms with Gasteiger partial charge < -0.3 is 45.3 Å². The predicted octanol–water partition coefficient (Wildman–Crippen LogP) is -2.26. The molecule has 15 nitrogen and oxygen atoms in total. The molecule has 1 rings (SSSR count). The van der Waals surface area contributed by atoms with Crippen molar-refractivity contribution < 1.29 is 57.8 Å². The average Bonchev–Trinajstić information content (AvgIpc) is 2.75. The zero-order valence-electron chi connectivity index (χ0n) is 17.6. The minimum atomic E-state index is -2.38. The van der Waals surface area contributed by atoms with Crippen LogP contribution in [0.1, 0.15) is 6.92 Å². The topological polar surface area (TPSA) is 228 Å². The maximum Gasteiger partial charge on any atom is 0.414 e. The van der Waals surface area contributed by atoms with Crippen LogP contribution in [0.2, 0.25) is 0 Å². The Morgan fingerprint density at radius 2 is 1.91 bits per heavy atom. The number of esters is 1. The molecular formula is C17H25FN4O11. The smallest absolute Gasteiger partial charge is 0.414 e. The lowest BCUT2D eigenvalue weighted by Crippen LogP contribution is -2.59. The van der Waals surface area contributed by atoms with E-state index in [1.54, 1.807) is 0 Å². The molecule has 1 aliphatic heterocycles. The van der Waals surface area contributed by atoms with Crippen LogP contribution in [0.25, 0.3) is 0 Å². The summed E-state index contributed by atoms with van der Waals surface area (Å²) in [6.07, 6.45) is -7.53. The van der Waals surface area contributed by atoms with Gasteiger partial charge in [-0.05, 0) is 6.08 Å². The molecule has 2 amide bonds. The largest absolute Gasteiger partial charge is 0.478 e. The molecule has 1 unspecified atom stereocenters. The quantitative estimate of drug-likeness (QED) is 0.0675. The summed E-state index contributed by atoms with van der Waals surface area (Å²) < 4.78 is 33.5. The molecule has 0 fully saturated rings. The molecule has 0 spiro atoms. The number of carboxylic acids is 1. The van der Waals surface area contributed by atoms with Gasteiger partial charge in [0.1, 0.15) is 19.3 Å². The van der Waals surface area contributed by atoms with Crippen molar-refractivity contribution in [1.82, 2.24) is 10.6 Å². The molecule has 0 bridgehead atoms. The number of aliphatic hydroxyl groups excluding tert-OH is 2. The number of ether oxygens (including phenoxy) is 4. The van der Waals surface area contributed by atoms with Gasteiger partial charge in [-0.2, -0.15) is 0 Å². The van der Waals surface area contributed by atoms with E-state index in [0.717, 1.165) is 20.1 Å². The highest BCUT2D eigenvalue weighted by Crippen LogP contribution is 2.26. The number of rotatable bonds is 9. The molecule has 7 N–H and O–H groups in total. The van der Waals surface area contributed by atoms with Crippen molar-refractivity contribution in [2.45, 2.75) is 37.4 Å². The molecule has 0 saturated carbocycles. The second-order valence-electron chi connectivity index (χ2n) is 6.38. The Balaban J connectivity index is 3.12. The highest BCUT2D eigenvalue weighted by Gasteiger charge is 2.45. The van der Waals surface area contributed by atoms with Gasteiger partial charge in [0.2, 0.25) is 5.76 Å². The molecule has 16 heteroatoms. The average molecular weight is 480 g/mol. The zero-order valence-corrected chi connectivity index (χ0v) is 17.6. The number of aliphatic imine (C=N–C) groups is 1. The number of nitrogens with one attached hydrogen (secondary N) is 2. The SMILES string of the molecule is COC(=O)N[C@H]1[C@@H](C(F)[C@H](O)CO)OC(C(=O)O)=C[C@H]1N=C(N)NC(=O)OCCOC(C)=O. The van der Waals surface area contributed by atoms with Gasteiger partial charge in [0.15, 0.2) is 18.2 Å². The van der Waals surface area contributed by atoms with Crippen LogP contribution in [0.3, 0.4) is 0 Å². The summed E-state index contributed by atoms with van der Waals surface area (Å²) in [6, 6.07) is -2.92. The molecule has 0 aromatic carbocycles. The molecule has 186 valence electrons. The first kappa shape index (κ1) is 27.4. The highest BCUT2D eigenvalue weighted by atomic mass is 19.1. The fourth-order valence-electron chi connectivity index (χ4n) is 2.55. The molecule has 0 aromatic rings. The Morgan fingerprint density at radius 1 is 1.27 bits per heavy atom. The maximum atomic E-state index is 14.7. The number of hydrogen-bond donors (Lipinski definition) is 6. The molecule has 0 radical (unpaired) electrons. The second kappa shape index (κ2) is 13.0. The number of nitrogens with zero attached hydrogens (tertiary/aromatic N) is 1. The first-order chi connectivity index (χ1) is 15.5. The first-order valence-electron chi connectivity index (χ1n) is 9.29. The van der Waals surface area contributed by atoms with Crippen LogP contribution < -0.4 is 16.4 Å². The van der Waals surface area contributed by atoms with E-state index in [4.69, 9.17) is 20.3 Å². The third-order valence-corrected chi connectivity index (χ3v) is 4.00. The summed E-state index contributed by atoms with van der Waals surface area (Å²) >= 11 is 0. The number of aliphatic carboxylic acids is 1. The fraction of sp³-hybridized carbons (Fsp3) is 0.588. The number of carbonyl (C=O) groups is 4. The Kier molecular flexibility index (Phi) is 10.8. The van der Waals surface area contributed by atoms with Gasteiger partial charge in [-0.15, -0.1) is 0 Å². The van der Waals surface area contributed by atoms with Gasteiger partial charge in [-0.1, -0.05) is 0 Å². The van der Waals surface area contributed by atoms with Crippen LogP contribution in [0.4, 0.5) is 14.0 Å². The van der Waals surface area contributed by atoms with Gasteiger partial charge in [0, 0.05) is 6.92 Å². The van der Waals surface area contributed by atoms with E-state index >= 15 is 0 Å². The number of alkyl carbamates (subject to hydrolysis) is 2. The Hall–Kier alpha value is -3.66. The van der Waals surface area contributed by atoms with Gasteiger partial charge in [0.25, 0.3) is 0 Å². The Morgan fingerprint density at radius 3 is 2.45 bits per heavy atom. The lowest BCUT2D eigenvalue weighted by molar-refractivity contribution is -0.142. The van der Waals surface area contributed by atoms with Crippen molar-refractivity contribution in [3.05, 3.63) is 11.8 Å².